The highest BCUT2D eigenvalue weighted by atomic mass is 16.3. The zero-order chi connectivity index (χ0) is 15.0. The fraction of sp³-hybridized carbons (Fsp3) is 0. The molecule has 0 saturated heterocycles. The molecule has 3 aromatic rings. The minimum absolute atomic E-state index is 0.0588. The number of hydrogen-bond acceptors (Lipinski definition) is 5. The molecule has 2 aromatic heterocycles. The Balaban J connectivity index is 2.39. The summed E-state index contributed by atoms with van der Waals surface area (Å²) in [4.78, 5) is 15.5. The Morgan fingerprint density at radius 1 is 1.24 bits per heavy atom. The van der Waals surface area contributed by atoms with Crippen molar-refractivity contribution >= 4 is 16.8 Å². The van der Waals surface area contributed by atoms with Crippen LogP contribution in [0.15, 0.2) is 47.8 Å². The second-order valence-electron chi connectivity index (χ2n) is 4.33. The molecule has 0 spiro atoms. The molecule has 7 nitrogen and oxygen atoms in total. The first kappa shape index (κ1) is 12.8. The molecule has 1 amide bonds. The second kappa shape index (κ2) is 4.71. The van der Waals surface area contributed by atoms with Gasteiger partial charge in [-0.2, -0.15) is 0 Å². The lowest BCUT2D eigenvalue weighted by Gasteiger charge is -2.09. The monoisotopic (exact) mass is 282 g/mol. The molecule has 0 aliphatic rings. The number of carbonyl (C=O) groups is 1. The van der Waals surface area contributed by atoms with E-state index in [1.807, 2.05) is 0 Å². The lowest BCUT2D eigenvalue weighted by atomic mass is 10.2. The van der Waals surface area contributed by atoms with Crippen molar-refractivity contribution in [1.82, 2.24) is 9.55 Å². The van der Waals surface area contributed by atoms with Crippen molar-refractivity contribution in [3.05, 3.63) is 48.3 Å². The minimum Gasteiger partial charge on any atom is -0.503 e. The van der Waals surface area contributed by atoms with Crippen LogP contribution in [0.5, 0.6) is 11.6 Å². The van der Waals surface area contributed by atoms with Gasteiger partial charge in [0, 0.05) is 17.8 Å². The van der Waals surface area contributed by atoms with E-state index in [4.69, 9.17) is 5.53 Å². The van der Waals surface area contributed by atoms with Crippen LogP contribution in [-0.2, 0) is 0 Å². The molecular weight excluding hydrogens is 272 g/mol. The number of para-hydroxylation sites is 1. The van der Waals surface area contributed by atoms with Gasteiger partial charge < -0.3 is 10.2 Å². The molecule has 21 heavy (non-hydrogen) atoms. The van der Waals surface area contributed by atoms with Gasteiger partial charge in [0.05, 0.1) is 16.8 Å². The highest BCUT2D eigenvalue weighted by molar-refractivity contribution is 5.99. The van der Waals surface area contributed by atoms with Crippen LogP contribution in [0.4, 0.5) is 0 Å². The Labute approximate surface area is 118 Å². The van der Waals surface area contributed by atoms with Crippen LogP contribution in [0.2, 0.25) is 0 Å². The van der Waals surface area contributed by atoms with Crippen LogP contribution in [0.25, 0.3) is 16.6 Å². The number of nitrogens with zero attached hydrogens (tertiary/aromatic N) is 3. The van der Waals surface area contributed by atoms with Gasteiger partial charge in [0.1, 0.15) is 0 Å². The van der Waals surface area contributed by atoms with Crippen LogP contribution >= 0.6 is 0 Å². The number of fused-ring (bicyclic) bond motifs is 1. The SMILES string of the molecule is N=NC(=O)c1cnccc1-n1c(O)c(O)c2ccccc21. The molecule has 3 rings (SSSR count). The number of hydrogen-bond donors (Lipinski definition) is 3. The van der Waals surface area contributed by atoms with Crippen molar-refractivity contribution in [2.45, 2.75) is 0 Å². The highest BCUT2D eigenvalue weighted by Gasteiger charge is 2.21. The van der Waals surface area contributed by atoms with Crippen molar-refractivity contribution in [3.63, 3.8) is 0 Å². The molecule has 0 unspecified atom stereocenters. The number of rotatable bonds is 2. The van der Waals surface area contributed by atoms with Crippen LogP contribution in [0, 0.1) is 5.53 Å². The minimum atomic E-state index is -0.783. The predicted molar refractivity (Wildman–Crippen MR) is 73.9 cm³/mol. The summed E-state index contributed by atoms with van der Waals surface area (Å²) in [7, 11) is 0. The van der Waals surface area contributed by atoms with E-state index in [2.05, 4.69) is 10.1 Å². The van der Waals surface area contributed by atoms with Gasteiger partial charge in [-0.15, -0.1) is 5.11 Å². The average Bonchev–Trinajstić information content (AvgIpc) is 2.78. The summed E-state index contributed by atoms with van der Waals surface area (Å²) >= 11 is 0. The van der Waals surface area contributed by atoms with Crippen LogP contribution in [-0.4, -0.2) is 25.7 Å². The van der Waals surface area contributed by atoms with Crippen molar-refractivity contribution in [2.75, 3.05) is 0 Å². The third-order valence-corrected chi connectivity index (χ3v) is 3.19. The number of benzene rings is 1. The first-order chi connectivity index (χ1) is 10.1. The quantitative estimate of drug-likeness (QED) is 0.627. The third kappa shape index (κ3) is 1.83. The maximum atomic E-state index is 11.7. The number of aromatic hydroxyl groups is 2. The van der Waals surface area contributed by atoms with E-state index in [1.165, 1.54) is 23.0 Å². The molecule has 0 atom stereocenters. The molecule has 0 radical (unpaired) electrons. The number of pyridine rings is 1. The summed E-state index contributed by atoms with van der Waals surface area (Å²) in [5.41, 5.74) is 7.73. The summed E-state index contributed by atoms with van der Waals surface area (Å²) in [5.74, 6) is -1.44. The Morgan fingerprint density at radius 3 is 2.76 bits per heavy atom. The Kier molecular flexibility index (Phi) is 2.87. The van der Waals surface area contributed by atoms with E-state index in [1.54, 1.807) is 24.3 Å². The molecule has 0 saturated carbocycles. The molecule has 1 aromatic carbocycles. The highest BCUT2D eigenvalue weighted by Crippen LogP contribution is 2.39. The summed E-state index contributed by atoms with van der Waals surface area (Å²) in [6, 6.07) is 8.32. The largest absolute Gasteiger partial charge is 0.503 e. The molecule has 0 aliphatic heterocycles. The molecule has 0 aliphatic carbocycles. The summed E-state index contributed by atoms with van der Waals surface area (Å²) in [6.45, 7) is 0. The standard InChI is InChI=1S/C14H10N4O3/c15-17-13(20)9-7-16-6-5-11(9)18-10-4-2-1-3-8(10)12(19)14(18)21/h1-7,15,19,21H. The molecule has 3 N–H and O–H groups in total. The number of aromatic nitrogens is 2. The summed E-state index contributed by atoms with van der Waals surface area (Å²) in [5, 5.41) is 23.5. The van der Waals surface area contributed by atoms with Gasteiger partial charge in [-0.1, -0.05) is 12.1 Å². The molecular formula is C14H10N4O3. The van der Waals surface area contributed by atoms with Crippen molar-refractivity contribution in [1.29, 1.82) is 5.53 Å². The normalized spacial score (nSPS) is 10.7. The van der Waals surface area contributed by atoms with E-state index in [0.717, 1.165) is 0 Å². The molecule has 104 valence electrons. The molecule has 7 heteroatoms. The first-order valence-corrected chi connectivity index (χ1v) is 6.02. The zero-order valence-corrected chi connectivity index (χ0v) is 10.7. The first-order valence-electron chi connectivity index (χ1n) is 6.02. The summed E-state index contributed by atoms with van der Waals surface area (Å²) in [6.07, 6.45) is 2.71. The third-order valence-electron chi connectivity index (χ3n) is 3.19. The van der Waals surface area contributed by atoms with E-state index in [-0.39, 0.29) is 17.2 Å². The number of carbonyl (C=O) groups excluding carboxylic acids is 1. The van der Waals surface area contributed by atoms with Gasteiger partial charge in [0.25, 0.3) is 5.91 Å². The van der Waals surface area contributed by atoms with Gasteiger partial charge in [0.2, 0.25) is 5.88 Å². The molecule has 0 fully saturated rings. The zero-order valence-electron chi connectivity index (χ0n) is 10.7. The van der Waals surface area contributed by atoms with Crippen LogP contribution in [0.3, 0.4) is 0 Å². The summed E-state index contributed by atoms with van der Waals surface area (Å²) < 4.78 is 1.32. The van der Waals surface area contributed by atoms with E-state index in [0.29, 0.717) is 16.6 Å². The van der Waals surface area contributed by atoms with E-state index in [9.17, 15) is 15.0 Å². The Morgan fingerprint density at radius 2 is 2.00 bits per heavy atom. The Hall–Kier alpha value is -3.22. The van der Waals surface area contributed by atoms with E-state index < -0.39 is 5.91 Å². The predicted octanol–water partition coefficient (Wildman–Crippen LogP) is 2.61. The van der Waals surface area contributed by atoms with Crippen LogP contribution in [0.1, 0.15) is 10.4 Å². The van der Waals surface area contributed by atoms with E-state index >= 15 is 0 Å². The van der Waals surface area contributed by atoms with Crippen molar-refractivity contribution < 1.29 is 15.0 Å². The van der Waals surface area contributed by atoms with Crippen molar-refractivity contribution in [2.24, 2.45) is 5.11 Å². The smallest absolute Gasteiger partial charge is 0.298 e. The van der Waals surface area contributed by atoms with Gasteiger partial charge in [-0.3, -0.25) is 14.3 Å². The van der Waals surface area contributed by atoms with Gasteiger partial charge in [0.15, 0.2) is 5.75 Å². The lowest BCUT2D eigenvalue weighted by Crippen LogP contribution is -2.04. The fourth-order valence-corrected chi connectivity index (χ4v) is 2.26. The van der Waals surface area contributed by atoms with Gasteiger partial charge in [-0.25, -0.2) is 5.53 Å². The maximum Gasteiger partial charge on any atom is 0.298 e. The Bertz CT molecular complexity index is 870. The maximum absolute atomic E-state index is 11.7. The van der Waals surface area contributed by atoms with Gasteiger partial charge >= 0.3 is 0 Å². The van der Waals surface area contributed by atoms with Gasteiger partial charge in [-0.05, 0) is 18.2 Å². The fourth-order valence-electron chi connectivity index (χ4n) is 2.26. The van der Waals surface area contributed by atoms with Crippen LogP contribution < -0.4 is 0 Å². The molecule has 2 heterocycles. The number of nitrogens with one attached hydrogen (secondary N) is 1. The van der Waals surface area contributed by atoms with Crippen molar-refractivity contribution in [3.8, 4) is 17.3 Å². The molecule has 0 bridgehead atoms. The lowest BCUT2D eigenvalue weighted by molar-refractivity contribution is 0.0990. The average molecular weight is 282 g/mol. The topological polar surface area (TPSA) is 112 Å². The number of amides is 1. The second-order valence-corrected chi connectivity index (χ2v) is 4.33.